The maximum atomic E-state index is 13.3. The van der Waals surface area contributed by atoms with E-state index in [1.54, 1.807) is 6.07 Å². The third kappa shape index (κ3) is 3.79. The molecule has 0 radical (unpaired) electrons. The van der Waals surface area contributed by atoms with Crippen molar-refractivity contribution in [1.82, 2.24) is 5.32 Å². The largest absolute Gasteiger partial charge is 0.306 e. The van der Waals surface area contributed by atoms with Crippen LogP contribution in [0.25, 0.3) is 0 Å². The molecule has 2 aromatic rings. The van der Waals surface area contributed by atoms with Gasteiger partial charge < -0.3 is 5.32 Å². The molecule has 0 heterocycles. The quantitative estimate of drug-likeness (QED) is 0.858. The zero-order chi connectivity index (χ0) is 13.8. The monoisotopic (exact) mass is 277 g/mol. The average molecular weight is 278 g/mol. The van der Waals surface area contributed by atoms with Gasteiger partial charge in [0, 0.05) is 12.6 Å². The smallest absolute Gasteiger partial charge is 0.142 e. The summed E-state index contributed by atoms with van der Waals surface area (Å²) in [4.78, 5) is 0. The van der Waals surface area contributed by atoms with Crippen LogP contribution in [0.2, 0.25) is 5.02 Å². The summed E-state index contributed by atoms with van der Waals surface area (Å²) >= 11 is 5.66. The molecule has 0 aliphatic rings. The molecule has 0 saturated carbocycles. The Labute approximate surface area is 118 Å². The molecular weight excluding hydrogens is 261 g/mol. The second kappa shape index (κ2) is 6.18. The van der Waals surface area contributed by atoms with Crippen LogP contribution in [0.5, 0.6) is 0 Å². The number of benzene rings is 2. The van der Waals surface area contributed by atoms with E-state index in [-0.39, 0.29) is 16.9 Å². The molecule has 0 spiro atoms. The molecule has 0 aromatic heterocycles. The van der Waals surface area contributed by atoms with Crippen molar-refractivity contribution in [1.29, 1.82) is 0 Å². The van der Waals surface area contributed by atoms with E-state index in [1.165, 1.54) is 17.2 Å². The van der Waals surface area contributed by atoms with Crippen molar-refractivity contribution in [2.45, 2.75) is 26.4 Å². The number of halogens is 2. The summed E-state index contributed by atoms with van der Waals surface area (Å²) in [5.41, 5.74) is 3.36. The Bertz CT molecular complexity index is 551. The number of hydrogen-bond donors (Lipinski definition) is 1. The molecule has 3 heteroatoms. The van der Waals surface area contributed by atoms with Gasteiger partial charge in [-0.2, -0.15) is 0 Å². The first kappa shape index (κ1) is 14.0. The fourth-order valence-corrected chi connectivity index (χ4v) is 2.01. The second-order valence-corrected chi connectivity index (χ2v) is 5.17. The highest BCUT2D eigenvalue weighted by molar-refractivity contribution is 6.30. The molecule has 19 heavy (non-hydrogen) atoms. The average Bonchev–Trinajstić information content (AvgIpc) is 2.40. The molecular formula is C16H17ClFN. The van der Waals surface area contributed by atoms with Crippen LogP contribution in [0.1, 0.15) is 29.7 Å². The lowest BCUT2D eigenvalue weighted by molar-refractivity contribution is 0.569. The van der Waals surface area contributed by atoms with Gasteiger partial charge in [0.1, 0.15) is 5.82 Å². The molecule has 1 nitrogen and oxygen atoms in total. The van der Waals surface area contributed by atoms with Gasteiger partial charge in [-0.1, -0.05) is 47.5 Å². The molecule has 2 rings (SSSR count). The number of rotatable bonds is 4. The number of hydrogen-bond acceptors (Lipinski definition) is 1. The minimum atomic E-state index is -0.371. The second-order valence-electron chi connectivity index (χ2n) is 4.76. The SMILES string of the molecule is Cc1ccc([C@@H](C)NCc2ccc(Cl)c(F)c2)cc1. The molecule has 0 aliphatic carbocycles. The Kier molecular flexibility index (Phi) is 4.56. The van der Waals surface area contributed by atoms with Gasteiger partial charge in [-0.25, -0.2) is 4.39 Å². The minimum Gasteiger partial charge on any atom is -0.306 e. The van der Waals surface area contributed by atoms with Gasteiger partial charge in [-0.05, 0) is 37.1 Å². The highest BCUT2D eigenvalue weighted by atomic mass is 35.5. The lowest BCUT2D eigenvalue weighted by Gasteiger charge is -2.14. The maximum absolute atomic E-state index is 13.3. The molecule has 2 aromatic carbocycles. The van der Waals surface area contributed by atoms with Crippen molar-refractivity contribution in [3.8, 4) is 0 Å². The van der Waals surface area contributed by atoms with Gasteiger partial charge in [0.25, 0.3) is 0 Å². The lowest BCUT2D eigenvalue weighted by Crippen LogP contribution is -2.18. The van der Waals surface area contributed by atoms with Crippen molar-refractivity contribution < 1.29 is 4.39 Å². The van der Waals surface area contributed by atoms with E-state index < -0.39 is 0 Å². The summed E-state index contributed by atoms with van der Waals surface area (Å²) in [6.07, 6.45) is 0. The van der Waals surface area contributed by atoms with Gasteiger partial charge in [-0.15, -0.1) is 0 Å². The fraction of sp³-hybridized carbons (Fsp3) is 0.250. The van der Waals surface area contributed by atoms with E-state index >= 15 is 0 Å². The van der Waals surface area contributed by atoms with Gasteiger partial charge in [0.2, 0.25) is 0 Å². The van der Waals surface area contributed by atoms with Crippen LogP contribution in [0.3, 0.4) is 0 Å². The summed E-state index contributed by atoms with van der Waals surface area (Å²) in [6, 6.07) is 13.5. The van der Waals surface area contributed by atoms with Crippen LogP contribution < -0.4 is 5.32 Å². The van der Waals surface area contributed by atoms with Crippen molar-refractivity contribution in [3.05, 3.63) is 70.0 Å². The Morgan fingerprint density at radius 2 is 1.84 bits per heavy atom. The van der Waals surface area contributed by atoms with Crippen LogP contribution >= 0.6 is 11.6 Å². The summed E-state index contributed by atoms with van der Waals surface area (Å²) in [6.45, 7) is 4.78. The van der Waals surface area contributed by atoms with Crippen LogP contribution in [-0.4, -0.2) is 0 Å². The van der Waals surface area contributed by atoms with E-state index in [4.69, 9.17) is 11.6 Å². The Hall–Kier alpha value is -1.38. The number of nitrogens with one attached hydrogen (secondary N) is 1. The van der Waals surface area contributed by atoms with Crippen LogP contribution in [0.4, 0.5) is 4.39 Å². The van der Waals surface area contributed by atoms with Crippen LogP contribution in [0.15, 0.2) is 42.5 Å². The summed E-state index contributed by atoms with van der Waals surface area (Å²) in [5, 5.41) is 3.53. The third-order valence-electron chi connectivity index (χ3n) is 3.17. The molecule has 0 saturated heterocycles. The highest BCUT2D eigenvalue weighted by Gasteiger charge is 2.06. The van der Waals surface area contributed by atoms with Crippen LogP contribution in [-0.2, 0) is 6.54 Å². The zero-order valence-corrected chi connectivity index (χ0v) is 11.8. The molecule has 0 fully saturated rings. The van der Waals surface area contributed by atoms with E-state index in [2.05, 4.69) is 43.4 Å². The standard InChI is InChI=1S/C16H17ClFN/c1-11-3-6-14(7-4-11)12(2)19-10-13-5-8-15(17)16(18)9-13/h3-9,12,19H,10H2,1-2H3/t12-/m1/s1. The Balaban J connectivity index is 1.98. The van der Waals surface area contributed by atoms with Crippen molar-refractivity contribution >= 4 is 11.6 Å². The topological polar surface area (TPSA) is 12.0 Å². The van der Waals surface area contributed by atoms with E-state index in [0.29, 0.717) is 6.54 Å². The normalized spacial score (nSPS) is 12.4. The lowest BCUT2D eigenvalue weighted by atomic mass is 10.1. The van der Waals surface area contributed by atoms with Crippen molar-refractivity contribution in [2.75, 3.05) is 0 Å². The first-order valence-corrected chi connectivity index (χ1v) is 6.68. The van der Waals surface area contributed by atoms with Gasteiger partial charge in [0.15, 0.2) is 0 Å². The Morgan fingerprint density at radius 3 is 2.47 bits per heavy atom. The molecule has 0 aliphatic heterocycles. The first-order chi connectivity index (χ1) is 9.06. The van der Waals surface area contributed by atoms with Gasteiger partial charge in [-0.3, -0.25) is 0 Å². The highest BCUT2D eigenvalue weighted by Crippen LogP contribution is 2.17. The molecule has 1 N–H and O–H groups in total. The van der Waals surface area contributed by atoms with Gasteiger partial charge in [0.05, 0.1) is 5.02 Å². The van der Waals surface area contributed by atoms with Crippen molar-refractivity contribution in [3.63, 3.8) is 0 Å². The Morgan fingerprint density at radius 1 is 1.16 bits per heavy atom. The van der Waals surface area contributed by atoms with Crippen LogP contribution in [0, 0.1) is 12.7 Å². The third-order valence-corrected chi connectivity index (χ3v) is 3.48. The number of aryl methyl sites for hydroxylation is 1. The molecule has 0 unspecified atom stereocenters. The predicted molar refractivity (Wildman–Crippen MR) is 77.8 cm³/mol. The first-order valence-electron chi connectivity index (χ1n) is 6.30. The maximum Gasteiger partial charge on any atom is 0.142 e. The van der Waals surface area contributed by atoms with Gasteiger partial charge >= 0.3 is 0 Å². The molecule has 1 atom stereocenters. The molecule has 0 bridgehead atoms. The van der Waals surface area contributed by atoms with E-state index in [9.17, 15) is 4.39 Å². The summed E-state index contributed by atoms with van der Waals surface area (Å²) < 4.78 is 13.3. The van der Waals surface area contributed by atoms with E-state index in [0.717, 1.165) is 5.56 Å². The predicted octanol–water partition coefficient (Wildman–Crippen LogP) is 4.64. The summed E-state index contributed by atoms with van der Waals surface area (Å²) in [5.74, 6) is -0.371. The summed E-state index contributed by atoms with van der Waals surface area (Å²) in [7, 11) is 0. The molecule has 100 valence electrons. The zero-order valence-electron chi connectivity index (χ0n) is 11.1. The molecule has 0 amide bonds. The van der Waals surface area contributed by atoms with Crippen molar-refractivity contribution in [2.24, 2.45) is 0 Å². The van der Waals surface area contributed by atoms with E-state index in [1.807, 2.05) is 6.07 Å². The minimum absolute atomic E-state index is 0.162. The fourth-order valence-electron chi connectivity index (χ4n) is 1.89.